The molecule has 0 radical (unpaired) electrons. The monoisotopic (exact) mass is 487 g/mol. The van der Waals surface area contributed by atoms with Gasteiger partial charge in [0.1, 0.15) is 10.8 Å². The summed E-state index contributed by atoms with van der Waals surface area (Å²) in [5, 5.41) is 17.8. The van der Waals surface area contributed by atoms with Crippen molar-refractivity contribution in [1.29, 1.82) is 0 Å². The number of hydrogen-bond acceptors (Lipinski definition) is 7. The maximum Gasteiger partial charge on any atom is 0.573 e. The van der Waals surface area contributed by atoms with E-state index in [1.54, 1.807) is 19.3 Å². The summed E-state index contributed by atoms with van der Waals surface area (Å²) in [5.41, 5.74) is 1.54. The lowest BCUT2D eigenvalue weighted by Gasteiger charge is -2.26. The van der Waals surface area contributed by atoms with Crippen molar-refractivity contribution >= 4 is 33.1 Å². The Balaban J connectivity index is 1.58. The van der Waals surface area contributed by atoms with Crippen molar-refractivity contribution in [3.05, 3.63) is 66.5 Å². The number of nitrogens with one attached hydrogen (secondary N) is 2. The van der Waals surface area contributed by atoms with Gasteiger partial charge in [-0.3, -0.25) is 9.78 Å². The summed E-state index contributed by atoms with van der Waals surface area (Å²) in [6.45, 7) is 3.19. The molecule has 7 nitrogen and oxygen atoms in total. The summed E-state index contributed by atoms with van der Waals surface area (Å²) >= 11 is 1.33. The summed E-state index contributed by atoms with van der Waals surface area (Å²) in [5.74, 6) is -0.563. The maximum absolute atomic E-state index is 12.5. The van der Waals surface area contributed by atoms with Crippen LogP contribution in [0.2, 0.25) is 0 Å². The average molecular weight is 488 g/mol. The van der Waals surface area contributed by atoms with Crippen molar-refractivity contribution in [3.63, 3.8) is 0 Å². The molecule has 2 N–H and O–H groups in total. The summed E-state index contributed by atoms with van der Waals surface area (Å²) < 4.78 is 41.4. The number of ether oxygens (including phenoxy) is 1. The fourth-order valence-corrected chi connectivity index (χ4v) is 4.30. The molecule has 0 saturated carbocycles. The first-order valence-electron chi connectivity index (χ1n) is 10.2. The van der Waals surface area contributed by atoms with Crippen molar-refractivity contribution in [2.75, 3.05) is 5.32 Å². The van der Waals surface area contributed by atoms with Gasteiger partial charge in [-0.25, -0.2) is 0 Å². The third-order valence-corrected chi connectivity index (χ3v) is 5.90. The number of anilines is 1. The van der Waals surface area contributed by atoms with Crippen molar-refractivity contribution in [3.8, 4) is 16.3 Å². The van der Waals surface area contributed by atoms with E-state index in [9.17, 15) is 18.0 Å². The van der Waals surface area contributed by atoms with E-state index in [1.165, 1.54) is 42.5 Å². The van der Waals surface area contributed by atoms with Gasteiger partial charge >= 0.3 is 6.36 Å². The van der Waals surface area contributed by atoms with Crippen LogP contribution in [-0.2, 0) is 4.79 Å². The van der Waals surface area contributed by atoms with Crippen LogP contribution < -0.4 is 15.4 Å². The second kappa shape index (κ2) is 9.64. The second-order valence-corrected chi connectivity index (χ2v) is 8.56. The van der Waals surface area contributed by atoms with E-state index in [1.807, 2.05) is 24.3 Å². The summed E-state index contributed by atoms with van der Waals surface area (Å²) in [6, 6.07) is 12.4. The molecule has 11 heteroatoms. The molecule has 2 aromatic carbocycles. The first-order chi connectivity index (χ1) is 16.2. The lowest BCUT2D eigenvalue weighted by molar-refractivity contribution is -0.274. The van der Waals surface area contributed by atoms with Gasteiger partial charge in [-0.05, 0) is 42.1 Å². The Kier molecular flexibility index (Phi) is 6.64. The Labute approximate surface area is 197 Å². The van der Waals surface area contributed by atoms with Gasteiger partial charge in [0.05, 0.1) is 12.1 Å². The standard InChI is InChI=1S/C23H20F3N5O2S/c1-13(28-14(2)32)20(15-5-7-19(8-6-15)33-23(24,25)26)29-22-31-30-21(34-22)17-3-4-18-12-27-10-9-16(18)11-17/h3-13,20H,1-2H3,(H,28,32)(H,29,31)/t13?,20-/m1/s1. The number of alkyl halides is 3. The SMILES string of the molecule is CC(=O)NC(C)[C@@H](Nc1nnc(-c2ccc3cnccc3c2)s1)c1ccc(OC(F)(F)F)cc1. The number of carbonyl (C=O) groups excluding carboxylic acids is 1. The molecule has 0 aliphatic carbocycles. The topological polar surface area (TPSA) is 89.0 Å². The molecule has 1 unspecified atom stereocenters. The molecule has 2 aromatic heterocycles. The predicted octanol–water partition coefficient (Wildman–Crippen LogP) is 5.33. The normalized spacial score (nSPS) is 13.3. The van der Waals surface area contributed by atoms with E-state index in [2.05, 4.69) is 30.6 Å². The summed E-state index contributed by atoms with van der Waals surface area (Å²) in [6.07, 6.45) is -1.27. The molecule has 0 saturated heterocycles. The Morgan fingerprint density at radius 2 is 1.82 bits per heavy atom. The number of nitrogens with zero attached hydrogens (tertiary/aromatic N) is 3. The first kappa shape index (κ1) is 23.4. The van der Waals surface area contributed by atoms with Gasteiger partial charge in [0, 0.05) is 30.3 Å². The number of fused-ring (bicyclic) bond motifs is 1. The van der Waals surface area contributed by atoms with E-state index in [0.29, 0.717) is 15.7 Å². The van der Waals surface area contributed by atoms with Crippen LogP contribution in [0.5, 0.6) is 5.75 Å². The number of benzene rings is 2. The zero-order chi connectivity index (χ0) is 24.3. The fraction of sp³-hybridized carbons (Fsp3) is 0.217. The van der Waals surface area contributed by atoms with Gasteiger partial charge in [0.2, 0.25) is 11.0 Å². The van der Waals surface area contributed by atoms with Crippen LogP contribution >= 0.6 is 11.3 Å². The minimum absolute atomic E-state index is 0.236. The zero-order valence-corrected chi connectivity index (χ0v) is 18.9. The van der Waals surface area contributed by atoms with Crippen molar-refractivity contribution in [2.24, 2.45) is 0 Å². The summed E-state index contributed by atoms with van der Waals surface area (Å²) in [4.78, 5) is 15.7. The van der Waals surface area contributed by atoms with Crippen LogP contribution in [0, 0.1) is 0 Å². The van der Waals surface area contributed by atoms with E-state index < -0.39 is 18.4 Å². The molecule has 34 heavy (non-hydrogen) atoms. The summed E-state index contributed by atoms with van der Waals surface area (Å²) in [7, 11) is 0. The van der Waals surface area contributed by atoms with E-state index in [-0.39, 0.29) is 11.7 Å². The van der Waals surface area contributed by atoms with Crippen molar-refractivity contribution in [2.45, 2.75) is 32.3 Å². The Morgan fingerprint density at radius 1 is 1.06 bits per heavy atom. The average Bonchev–Trinajstić information content (AvgIpc) is 3.25. The molecular weight excluding hydrogens is 467 g/mol. The minimum Gasteiger partial charge on any atom is -0.406 e. The van der Waals surface area contributed by atoms with Crippen molar-refractivity contribution < 1.29 is 22.7 Å². The molecule has 0 aliphatic rings. The molecular formula is C23H20F3N5O2S. The largest absolute Gasteiger partial charge is 0.573 e. The highest BCUT2D eigenvalue weighted by Gasteiger charge is 2.31. The first-order valence-corrected chi connectivity index (χ1v) is 11.1. The van der Waals surface area contributed by atoms with E-state index >= 15 is 0 Å². The number of aromatic nitrogens is 3. The van der Waals surface area contributed by atoms with Crippen LogP contribution in [0.15, 0.2) is 60.9 Å². The molecule has 2 atom stereocenters. The molecule has 2 heterocycles. The smallest absolute Gasteiger partial charge is 0.406 e. The van der Waals surface area contributed by atoms with Gasteiger partial charge in [0.15, 0.2) is 0 Å². The Morgan fingerprint density at radius 3 is 2.53 bits per heavy atom. The number of rotatable bonds is 7. The molecule has 0 spiro atoms. The van der Waals surface area contributed by atoms with Crippen LogP contribution in [0.1, 0.15) is 25.5 Å². The third kappa shape index (κ3) is 5.79. The van der Waals surface area contributed by atoms with E-state index in [0.717, 1.165) is 16.3 Å². The molecule has 0 fully saturated rings. The van der Waals surface area contributed by atoms with Crippen LogP contribution in [0.3, 0.4) is 0 Å². The number of amides is 1. The molecule has 1 amide bonds. The van der Waals surface area contributed by atoms with Crippen LogP contribution in [0.4, 0.5) is 18.3 Å². The van der Waals surface area contributed by atoms with Crippen LogP contribution in [0.25, 0.3) is 21.3 Å². The number of pyridine rings is 1. The second-order valence-electron chi connectivity index (χ2n) is 7.58. The molecule has 4 aromatic rings. The Hall–Kier alpha value is -3.73. The van der Waals surface area contributed by atoms with E-state index in [4.69, 9.17) is 0 Å². The predicted molar refractivity (Wildman–Crippen MR) is 123 cm³/mol. The van der Waals surface area contributed by atoms with Gasteiger partial charge < -0.3 is 15.4 Å². The highest BCUT2D eigenvalue weighted by Crippen LogP contribution is 2.32. The Bertz CT molecular complexity index is 1290. The minimum atomic E-state index is -4.77. The van der Waals surface area contributed by atoms with Crippen LogP contribution in [-0.4, -0.2) is 33.5 Å². The third-order valence-electron chi connectivity index (χ3n) is 5.00. The number of halogens is 3. The zero-order valence-electron chi connectivity index (χ0n) is 18.1. The molecule has 0 bridgehead atoms. The highest BCUT2D eigenvalue weighted by atomic mass is 32.1. The van der Waals surface area contributed by atoms with Gasteiger partial charge in [0.25, 0.3) is 0 Å². The lowest BCUT2D eigenvalue weighted by atomic mass is 10.0. The lowest BCUT2D eigenvalue weighted by Crippen LogP contribution is -2.38. The van der Waals surface area contributed by atoms with Gasteiger partial charge in [-0.1, -0.05) is 35.6 Å². The fourth-order valence-electron chi connectivity index (χ4n) is 3.53. The molecule has 4 rings (SSSR count). The van der Waals surface area contributed by atoms with Gasteiger partial charge in [-0.15, -0.1) is 23.4 Å². The van der Waals surface area contributed by atoms with Gasteiger partial charge in [-0.2, -0.15) is 0 Å². The number of hydrogen-bond donors (Lipinski definition) is 2. The quantitative estimate of drug-likeness (QED) is 0.366. The molecule has 0 aliphatic heterocycles. The molecule has 176 valence electrons. The maximum atomic E-state index is 12.5. The van der Waals surface area contributed by atoms with Crippen molar-refractivity contribution in [1.82, 2.24) is 20.5 Å². The number of carbonyl (C=O) groups is 1. The highest BCUT2D eigenvalue weighted by molar-refractivity contribution is 7.18.